The molecule has 3 aromatic carbocycles. The molecular formula is C28H32N2O2. The monoisotopic (exact) mass is 428 g/mol. The van der Waals surface area contributed by atoms with E-state index in [2.05, 4.69) is 85.9 Å². The molecule has 0 bridgehead atoms. The summed E-state index contributed by atoms with van der Waals surface area (Å²) in [5, 5.41) is 3.63. The number of anilines is 1. The van der Waals surface area contributed by atoms with Crippen molar-refractivity contribution in [2.24, 2.45) is 0 Å². The van der Waals surface area contributed by atoms with Gasteiger partial charge in [-0.15, -0.1) is 0 Å². The Balaban J connectivity index is 1.56. The van der Waals surface area contributed by atoms with Crippen LogP contribution in [0.2, 0.25) is 0 Å². The standard InChI is InChI=1S/C28H32N2O2/c1-20-16-24(30(2)3)12-10-22(20)11-13-26-25-18-27(31-4)28(17-23(25)14-15-29-26)32-19-21-8-6-5-7-9-21/h5-13,16-18,26,29H,14-15,19H2,1-4H3. The van der Waals surface area contributed by atoms with Gasteiger partial charge in [-0.3, -0.25) is 0 Å². The minimum Gasteiger partial charge on any atom is -0.493 e. The summed E-state index contributed by atoms with van der Waals surface area (Å²) in [5.41, 5.74) is 7.42. The first-order valence-electron chi connectivity index (χ1n) is 11.1. The molecule has 1 unspecified atom stereocenters. The minimum atomic E-state index is 0.142. The molecule has 32 heavy (non-hydrogen) atoms. The Morgan fingerprint density at radius 2 is 1.84 bits per heavy atom. The molecule has 0 spiro atoms. The fourth-order valence-corrected chi connectivity index (χ4v) is 4.10. The molecule has 3 aromatic rings. The van der Waals surface area contributed by atoms with E-state index >= 15 is 0 Å². The molecule has 4 rings (SSSR count). The van der Waals surface area contributed by atoms with E-state index in [4.69, 9.17) is 9.47 Å². The number of hydrogen-bond donors (Lipinski definition) is 1. The highest BCUT2D eigenvalue weighted by atomic mass is 16.5. The first kappa shape index (κ1) is 22.0. The van der Waals surface area contributed by atoms with Gasteiger partial charge in [0.05, 0.1) is 13.2 Å². The molecule has 1 heterocycles. The lowest BCUT2D eigenvalue weighted by Gasteiger charge is -2.26. The van der Waals surface area contributed by atoms with Crippen LogP contribution in [0.3, 0.4) is 0 Å². The molecule has 1 N–H and O–H groups in total. The maximum atomic E-state index is 6.12. The Bertz CT molecular complexity index is 1090. The van der Waals surface area contributed by atoms with Gasteiger partial charge in [0.25, 0.3) is 0 Å². The van der Waals surface area contributed by atoms with Crippen LogP contribution in [-0.2, 0) is 13.0 Å². The number of nitrogens with one attached hydrogen (secondary N) is 1. The van der Waals surface area contributed by atoms with E-state index in [1.165, 1.54) is 27.9 Å². The van der Waals surface area contributed by atoms with Gasteiger partial charge in [0.2, 0.25) is 0 Å². The number of nitrogens with zero attached hydrogens (tertiary/aromatic N) is 1. The van der Waals surface area contributed by atoms with Crippen LogP contribution in [0.4, 0.5) is 5.69 Å². The molecular weight excluding hydrogens is 396 g/mol. The summed E-state index contributed by atoms with van der Waals surface area (Å²) in [6.45, 7) is 3.62. The van der Waals surface area contributed by atoms with Crippen LogP contribution in [0.25, 0.3) is 6.08 Å². The topological polar surface area (TPSA) is 33.7 Å². The Kier molecular flexibility index (Phi) is 6.81. The van der Waals surface area contributed by atoms with E-state index in [-0.39, 0.29) is 6.04 Å². The van der Waals surface area contributed by atoms with Crippen molar-refractivity contribution in [3.8, 4) is 11.5 Å². The van der Waals surface area contributed by atoms with Gasteiger partial charge in [0.15, 0.2) is 11.5 Å². The largest absolute Gasteiger partial charge is 0.493 e. The molecule has 0 radical (unpaired) electrons. The van der Waals surface area contributed by atoms with Crippen molar-refractivity contribution in [3.05, 3.63) is 94.6 Å². The van der Waals surface area contributed by atoms with Crippen LogP contribution in [0.15, 0.2) is 66.7 Å². The van der Waals surface area contributed by atoms with Gasteiger partial charge < -0.3 is 19.7 Å². The Morgan fingerprint density at radius 3 is 2.56 bits per heavy atom. The van der Waals surface area contributed by atoms with Crippen LogP contribution in [-0.4, -0.2) is 27.7 Å². The molecule has 0 aromatic heterocycles. The number of benzene rings is 3. The van der Waals surface area contributed by atoms with Crippen LogP contribution in [0.1, 0.15) is 33.9 Å². The molecule has 0 fully saturated rings. The second-order valence-corrected chi connectivity index (χ2v) is 8.45. The average molecular weight is 429 g/mol. The summed E-state index contributed by atoms with van der Waals surface area (Å²) in [5.74, 6) is 1.57. The summed E-state index contributed by atoms with van der Waals surface area (Å²) in [6, 6.07) is 21.2. The number of hydrogen-bond acceptors (Lipinski definition) is 4. The summed E-state index contributed by atoms with van der Waals surface area (Å²) in [4.78, 5) is 2.13. The summed E-state index contributed by atoms with van der Waals surface area (Å²) in [7, 11) is 5.84. The van der Waals surface area contributed by atoms with E-state index in [1.807, 2.05) is 18.2 Å². The first-order chi connectivity index (χ1) is 15.5. The molecule has 4 heteroatoms. The van der Waals surface area contributed by atoms with Gasteiger partial charge in [-0.1, -0.05) is 48.6 Å². The average Bonchev–Trinajstić information content (AvgIpc) is 2.81. The van der Waals surface area contributed by atoms with E-state index in [1.54, 1.807) is 7.11 Å². The Morgan fingerprint density at radius 1 is 1.03 bits per heavy atom. The zero-order valence-electron chi connectivity index (χ0n) is 19.4. The SMILES string of the molecule is COc1cc2c(cc1OCc1ccccc1)CCNC2C=Cc1ccc(N(C)C)cc1C. The highest BCUT2D eigenvalue weighted by Gasteiger charge is 2.21. The summed E-state index contributed by atoms with van der Waals surface area (Å²) < 4.78 is 11.8. The Hall–Kier alpha value is -3.24. The van der Waals surface area contributed by atoms with E-state index in [9.17, 15) is 0 Å². The molecule has 1 aliphatic rings. The van der Waals surface area contributed by atoms with E-state index < -0.39 is 0 Å². The number of fused-ring (bicyclic) bond motifs is 1. The fraction of sp³-hybridized carbons (Fsp3) is 0.286. The van der Waals surface area contributed by atoms with Gasteiger partial charge in [-0.2, -0.15) is 0 Å². The molecule has 1 aliphatic heterocycles. The number of aryl methyl sites for hydroxylation is 1. The maximum absolute atomic E-state index is 6.12. The van der Waals surface area contributed by atoms with Crippen LogP contribution in [0, 0.1) is 6.92 Å². The molecule has 0 aliphatic carbocycles. The van der Waals surface area contributed by atoms with Crippen molar-refractivity contribution in [3.63, 3.8) is 0 Å². The number of ether oxygens (including phenoxy) is 2. The number of rotatable bonds is 7. The van der Waals surface area contributed by atoms with Crippen molar-refractivity contribution >= 4 is 11.8 Å². The zero-order chi connectivity index (χ0) is 22.5. The van der Waals surface area contributed by atoms with Crippen LogP contribution >= 0.6 is 0 Å². The third-order valence-electron chi connectivity index (χ3n) is 5.99. The first-order valence-corrected chi connectivity index (χ1v) is 11.1. The minimum absolute atomic E-state index is 0.142. The van der Waals surface area contributed by atoms with Crippen molar-refractivity contribution in [2.45, 2.75) is 26.0 Å². The third-order valence-corrected chi connectivity index (χ3v) is 5.99. The predicted octanol–water partition coefficient (Wildman–Crippen LogP) is 5.55. The van der Waals surface area contributed by atoms with E-state index in [0.29, 0.717) is 6.61 Å². The maximum Gasteiger partial charge on any atom is 0.161 e. The summed E-state index contributed by atoms with van der Waals surface area (Å²) in [6.07, 6.45) is 5.44. The van der Waals surface area contributed by atoms with E-state index in [0.717, 1.165) is 30.0 Å². The summed E-state index contributed by atoms with van der Waals surface area (Å²) >= 11 is 0. The van der Waals surface area contributed by atoms with Gasteiger partial charge in [-0.05, 0) is 65.4 Å². The van der Waals surface area contributed by atoms with Crippen molar-refractivity contribution in [2.75, 3.05) is 32.6 Å². The molecule has 0 amide bonds. The number of methoxy groups -OCH3 is 1. The van der Waals surface area contributed by atoms with Crippen molar-refractivity contribution in [1.82, 2.24) is 5.32 Å². The second-order valence-electron chi connectivity index (χ2n) is 8.45. The third kappa shape index (κ3) is 4.97. The molecule has 1 atom stereocenters. The van der Waals surface area contributed by atoms with Crippen molar-refractivity contribution in [1.29, 1.82) is 0 Å². The lowest BCUT2D eigenvalue weighted by molar-refractivity contribution is 0.283. The smallest absolute Gasteiger partial charge is 0.161 e. The van der Waals surface area contributed by atoms with Crippen LogP contribution < -0.4 is 19.7 Å². The van der Waals surface area contributed by atoms with Gasteiger partial charge in [0, 0.05) is 26.3 Å². The highest BCUT2D eigenvalue weighted by Crippen LogP contribution is 2.36. The fourth-order valence-electron chi connectivity index (χ4n) is 4.10. The van der Waals surface area contributed by atoms with Gasteiger partial charge in [0.1, 0.15) is 6.61 Å². The molecule has 4 nitrogen and oxygen atoms in total. The van der Waals surface area contributed by atoms with Crippen molar-refractivity contribution < 1.29 is 9.47 Å². The van der Waals surface area contributed by atoms with Gasteiger partial charge >= 0.3 is 0 Å². The predicted molar refractivity (Wildman–Crippen MR) is 133 cm³/mol. The highest BCUT2D eigenvalue weighted by molar-refractivity contribution is 5.61. The lowest BCUT2D eigenvalue weighted by Crippen LogP contribution is -2.28. The Labute approximate surface area is 191 Å². The lowest BCUT2D eigenvalue weighted by atomic mass is 9.92. The molecule has 0 saturated heterocycles. The normalized spacial score (nSPS) is 15.4. The molecule has 166 valence electrons. The van der Waals surface area contributed by atoms with Crippen LogP contribution in [0.5, 0.6) is 11.5 Å². The second kappa shape index (κ2) is 9.92. The quantitative estimate of drug-likeness (QED) is 0.535. The van der Waals surface area contributed by atoms with Gasteiger partial charge in [-0.25, -0.2) is 0 Å². The zero-order valence-corrected chi connectivity index (χ0v) is 19.4. The molecule has 0 saturated carbocycles.